The van der Waals surface area contributed by atoms with Crippen molar-refractivity contribution in [1.82, 2.24) is 4.90 Å². The van der Waals surface area contributed by atoms with E-state index in [-0.39, 0.29) is 23.4 Å². The number of carbonyl (C=O) groups excluding carboxylic acids is 1. The van der Waals surface area contributed by atoms with E-state index in [2.05, 4.69) is 33.9 Å². The van der Waals surface area contributed by atoms with Crippen molar-refractivity contribution in [1.29, 1.82) is 0 Å². The number of ketones is 1. The summed E-state index contributed by atoms with van der Waals surface area (Å²) in [4.78, 5) is 23.9. The molecular weight excluding hydrogens is 274 g/mol. The second-order valence-corrected chi connectivity index (χ2v) is 11.7. The molecule has 20 heavy (non-hydrogen) atoms. The predicted molar refractivity (Wildman–Crippen MR) is 80.4 cm³/mol. The van der Waals surface area contributed by atoms with E-state index in [0.29, 0.717) is 6.61 Å². The maximum Gasteiger partial charge on any atom is 0.408 e. The minimum Gasteiger partial charge on any atom is -0.465 e. The molecule has 0 aromatic heterocycles. The van der Waals surface area contributed by atoms with E-state index in [1.807, 2.05) is 0 Å². The van der Waals surface area contributed by atoms with Gasteiger partial charge in [-0.15, -0.1) is 0 Å². The van der Waals surface area contributed by atoms with Gasteiger partial charge in [0.2, 0.25) is 0 Å². The van der Waals surface area contributed by atoms with E-state index in [4.69, 9.17) is 4.43 Å². The maximum absolute atomic E-state index is 11.5. The summed E-state index contributed by atoms with van der Waals surface area (Å²) in [6, 6.07) is -0.362. The van der Waals surface area contributed by atoms with Crippen molar-refractivity contribution in [2.45, 2.75) is 51.9 Å². The van der Waals surface area contributed by atoms with Crippen LogP contribution in [0.3, 0.4) is 0 Å². The number of nitrogens with zero attached hydrogens (tertiary/aromatic N) is 1. The van der Waals surface area contributed by atoms with Crippen molar-refractivity contribution >= 4 is 20.2 Å². The van der Waals surface area contributed by atoms with Gasteiger partial charge in [0, 0.05) is 0 Å². The first-order chi connectivity index (χ1) is 8.95. The monoisotopic (exact) mass is 299 g/mol. The molecule has 0 saturated heterocycles. The number of hydrogen-bond acceptors (Lipinski definition) is 3. The molecule has 0 aromatic rings. The first-order valence-electron chi connectivity index (χ1n) is 6.80. The molecule has 1 rings (SSSR count). The van der Waals surface area contributed by atoms with Gasteiger partial charge in [0.25, 0.3) is 0 Å². The molecule has 1 heterocycles. The topological polar surface area (TPSA) is 66.8 Å². The molecule has 0 radical (unpaired) electrons. The third-order valence-corrected chi connectivity index (χ3v) is 8.77. The molecule has 114 valence electrons. The van der Waals surface area contributed by atoms with Gasteiger partial charge < -0.3 is 9.53 Å². The van der Waals surface area contributed by atoms with Crippen LogP contribution in [0.25, 0.3) is 0 Å². The number of carbonyl (C=O) groups is 2. The Morgan fingerprint density at radius 1 is 1.50 bits per heavy atom. The Bertz CT molecular complexity index is 437. The molecule has 1 N–H and O–H groups in total. The van der Waals surface area contributed by atoms with E-state index >= 15 is 0 Å². The maximum atomic E-state index is 11.5. The third-order valence-electron chi connectivity index (χ3n) is 4.27. The van der Waals surface area contributed by atoms with Crippen molar-refractivity contribution in [2.75, 3.05) is 13.2 Å². The van der Waals surface area contributed by atoms with Crippen LogP contribution in [0.5, 0.6) is 0 Å². The SMILES string of the molecule is CC1=CC(=O)CN(C(=O)O)[C@@H]1CO[Si](C)(C)C(C)(C)C. The van der Waals surface area contributed by atoms with Gasteiger partial charge in [-0.3, -0.25) is 9.69 Å². The highest BCUT2D eigenvalue weighted by atomic mass is 28.4. The van der Waals surface area contributed by atoms with Crippen molar-refractivity contribution in [2.24, 2.45) is 0 Å². The minimum absolute atomic E-state index is 0.0726. The van der Waals surface area contributed by atoms with Crippen molar-refractivity contribution in [3.8, 4) is 0 Å². The Hall–Kier alpha value is -1.14. The van der Waals surface area contributed by atoms with Gasteiger partial charge in [-0.05, 0) is 36.7 Å². The van der Waals surface area contributed by atoms with Crippen molar-refractivity contribution in [3.63, 3.8) is 0 Å². The van der Waals surface area contributed by atoms with Gasteiger partial charge in [-0.2, -0.15) is 0 Å². The molecule has 1 atom stereocenters. The van der Waals surface area contributed by atoms with Crippen molar-refractivity contribution < 1.29 is 19.1 Å². The summed E-state index contributed by atoms with van der Waals surface area (Å²) >= 11 is 0. The van der Waals surface area contributed by atoms with Crippen LogP contribution in [0.1, 0.15) is 27.7 Å². The van der Waals surface area contributed by atoms with Gasteiger partial charge >= 0.3 is 6.09 Å². The molecule has 1 aliphatic heterocycles. The lowest BCUT2D eigenvalue weighted by atomic mass is 10.0. The fourth-order valence-corrected chi connectivity index (χ4v) is 2.85. The zero-order chi connectivity index (χ0) is 15.7. The van der Waals surface area contributed by atoms with E-state index in [1.165, 1.54) is 11.0 Å². The molecule has 1 amide bonds. The van der Waals surface area contributed by atoms with Crippen LogP contribution in [-0.2, 0) is 9.22 Å². The summed E-state index contributed by atoms with van der Waals surface area (Å²) in [5.74, 6) is -0.173. The summed E-state index contributed by atoms with van der Waals surface area (Å²) in [6.45, 7) is 12.7. The highest BCUT2D eigenvalue weighted by Crippen LogP contribution is 2.37. The molecular formula is C14H25NO4Si. The molecule has 0 saturated carbocycles. The molecule has 0 spiro atoms. The Morgan fingerprint density at radius 2 is 2.05 bits per heavy atom. The summed E-state index contributed by atoms with van der Waals surface area (Å²) < 4.78 is 6.10. The molecule has 0 aromatic carbocycles. The smallest absolute Gasteiger partial charge is 0.408 e. The molecule has 0 bridgehead atoms. The summed E-state index contributed by atoms with van der Waals surface area (Å²) in [7, 11) is -1.93. The Labute approximate surface area is 121 Å². The van der Waals surface area contributed by atoms with Crippen LogP contribution in [0.2, 0.25) is 18.1 Å². The minimum atomic E-state index is -1.93. The number of carboxylic acid groups (broad SMARTS) is 1. The van der Waals surface area contributed by atoms with Crippen molar-refractivity contribution in [3.05, 3.63) is 11.6 Å². The Kier molecular flexibility index (Phi) is 4.81. The standard InChI is InChI=1S/C14H25NO4Si/c1-10-7-11(16)8-15(13(17)18)12(10)9-19-20(5,6)14(2,3)4/h7,12H,8-9H2,1-6H3,(H,17,18)/t12-/m1/s1. The van der Waals surface area contributed by atoms with Gasteiger partial charge in [0.15, 0.2) is 14.1 Å². The van der Waals surface area contributed by atoms with Crippen LogP contribution in [-0.4, -0.2) is 49.4 Å². The predicted octanol–water partition coefficient (Wildman–Crippen LogP) is 2.89. The van der Waals surface area contributed by atoms with Gasteiger partial charge in [0.1, 0.15) is 0 Å². The fraction of sp³-hybridized carbons (Fsp3) is 0.714. The van der Waals surface area contributed by atoms with E-state index < -0.39 is 14.4 Å². The zero-order valence-electron chi connectivity index (χ0n) is 13.2. The molecule has 5 nitrogen and oxygen atoms in total. The second-order valence-electron chi connectivity index (χ2n) is 6.85. The summed E-state index contributed by atoms with van der Waals surface area (Å²) in [6.07, 6.45) is 0.452. The lowest BCUT2D eigenvalue weighted by Crippen LogP contribution is -2.51. The third kappa shape index (κ3) is 3.70. The van der Waals surface area contributed by atoms with E-state index in [1.54, 1.807) is 6.92 Å². The van der Waals surface area contributed by atoms with Gasteiger partial charge in [-0.25, -0.2) is 4.79 Å². The zero-order valence-corrected chi connectivity index (χ0v) is 14.2. The first kappa shape index (κ1) is 16.9. The average molecular weight is 299 g/mol. The van der Waals surface area contributed by atoms with E-state index in [9.17, 15) is 14.7 Å². The fourth-order valence-electron chi connectivity index (χ4n) is 1.85. The average Bonchev–Trinajstić information content (AvgIpc) is 2.24. The van der Waals surface area contributed by atoms with E-state index in [0.717, 1.165) is 5.57 Å². The summed E-state index contributed by atoms with van der Waals surface area (Å²) in [5.41, 5.74) is 0.752. The largest absolute Gasteiger partial charge is 0.465 e. The number of rotatable bonds is 3. The number of hydrogen-bond donors (Lipinski definition) is 1. The molecule has 0 aliphatic carbocycles. The van der Waals surface area contributed by atoms with Gasteiger partial charge in [0.05, 0.1) is 19.2 Å². The molecule has 0 fully saturated rings. The normalized spacial score (nSPS) is 20.9. The Morgan fingerprint density at radius 3 is 2.50 bits per heavy atom. The summed E-state index contributed by atoms with van der Waals surface area (Å²) in [5, 5.41) is 9.31. The Balaban J connectivity index is 2.86. The van der Waals surface area contributed by atoms with Crippen LogP contribution in [0.15, 0.2) is 11.6 Å². The van der Waals surface area contributed by atoms with Crippen LogP contribution in [0.4, 0.5) is 4.79 Å². The molecule has 6 heteroatoms. The highest BCUT2D eigenvalue weighted by molar-refractivity contribution is 6.74. The lowest BCUT2D eigenvalue weighted by Gasteiger charge is -2.39. The second kappa shape index (κ2) is 5.69. The van der Waals surface area contributed by atoms with Gasteiger partial charge in [-0.1, -0.05) is 20.8 Å². The lowest BCUT2D eigenvalue weighted by molar-refractivity contribution is -0.116. The van der Waals surface area contributed by atoms with Crippen LogP contribution in [0, 0.1) is 0 Å². The molecule has 1 aliphatic rings. The quantitative estimate of drug-likeness (QED) is 0.814. The molecule has 0 unspecified atom stereocenters. The number of amides is 1. The first-order valence-corrected chi connectivity index (χ1v) is 9.71. The highest BCUT2D eigenvalue weighted by Gasteiger charge is 2.39. The van der Waals surface area contributed by atoms with Crippen LogP contribution >= 0.6 is 0 Å². The van der Waals surface area contributed by atoms with Crippen LogP contribution < -0.4 is 0 Å².